The van der Waals surface area contributed by atoms with E-state index in [1.165, 1.54) is 29.2 Å². The fraction of sp³-hybridized carbons (Fsp3) is 0.444. The Labute approximate surface area is 126 Å². The maximum atomic E-state index is 6.04. The third kappa shape index (κ3) is 2.52. The second kappa shape index (κ2) is 6.04. The van der Waals surface area contributed by atoms with Crippen molar-refractivity contribution in [1.29, 1.82) is 0 Å². The van der Waals surface area contributed by atoms with Gasteiger partial charge in [0.1, 0.15) is 5.75 Å². The quantitative estimate of drug-likeness (QED) is 0.940. The smallest absolute Gasteiger partial charge is 0.126 e. The van der Waals surface area contributed by atoms with Gasteiger partial charge >= 0.3 is 0 Å². The lowest BCUT2D eigenvalue weighted by Crippen LogP contribution is -2.39. The van der Waals surface area contributed by atoms with E-state index in [9.17, 15) is 0 Å². The molecule has 1 heterocycles. The number of benzene rings is 2. The molecule has 0 spiro atoms. The van der Waals surface area contributed by atoms with Crippen LogP contribution in [-0.2, 0) is 0 Å². The molecule has 2 N–H and O–H groups in total. The van der Waals surface area contributed by atoms with E-state index >= 15 is 0 Å². The molecular weight excluding hydrogens is 260 g/mol. The molecule has 2 unspecified atom stereocenters. The summed E-state index contributed by atoms with van der Waals surface area (Å²) < 4.78 is 5.51. The first-order valence-corrected chi connectivity index (χ1v) is 7.72. The molecule has 3 rings (SSSR count). The molecule has 3 nitrogen and oxygen atoms in total. The molecule has 0 saturated carbocycles. The highest BCUT2D eigenvalue weighted by atomic mass is 16.5. The van der Waals surface area contributed by atoms with Crippen molar-refractivity contribution in [3.63, 3.8) is 0 Å². The van der Waals surface area contributed by atoms with E-state index < -0.39 is 0 Å². The number of hydrogen-bond donors (Lipinski definition) is 1. The molecule has 1 saturated heterocycles. The number of fused-ring (bicyclic) bond motifs is 1. The lowest BCUT2D eigenvalue weighted by atomic mass is 9.83. The molecule has 0 amide bonds. The normalized spacial score (nSPS) is 23.4. The predicted octanol–water partition coefficient (Wildman–Crippen LogP) is 3.19. The van der Waals surface area contributed by atoms with Gasteiger partial charge in [-0.3, -0.25) is 4.90 Å². The van der Waals surface area contributed by atoms with Crippen molar-refractivity contribution >= 4 is 10.8 Å². The van der Waals surface area contributed by atoms with Gasteiger partial charge in [0.15, 0.2) is 0 Å². The summed E-state index contributed by atoms with van der Waals surface area (Å²) in [6.45, 7) is 1.89. The first kappa shape index (κ1) is 14.4. The van der Waals surface area contributed by atoms with Crippen LogP contribution >= 0.6 is 0 Å². The lowest BCUT2D eigenvalue weighted by molar-refractivity contribution is 0.126. The van der Waals surface area contributed by atoms with Gasteiger partial charge in [0.05, 0.1) is 7.11 Å². The number of hydrogen-bond acceptors (Lipinski definition) is 3. The zero-order valence-corrected chi connectivity index (χ0v) is 12.9. The molecule has 21 heavy (non-hydrogen) atoms. The van der Waals surface area contributed by atoms with Gasteiger partial charge in [-0.1, -0.05) is 30.3 Å². The Morgan fingerprint density at radius 3 is 2.67 bits per heavy atom. The number of rotatable bonds is 3. The highest BCUT2D eigenvalue weighted by Gasteiger charge is 2.30. The van der Waals surface area contributed by atoms with Crippen molar-refractivity contribution in [2.75, 3.05) is 27.2 Å². The van der Waals surface area contributed by atoms with Gasteiger partial charge in [-0.05, 0) is 55.9 Å². The summed E-state index contributed by atoms with van der Waals surface area (Å²) in [5, 5.41) is 2.47. The van der Waals surface area contributed by atoms with Crippen LogP contribution in [0.4, 0.5) is 0 Å². The molecule has 2 atom stereocenters. The van der Waals surface area contributed by atoms with Crippen molar-refractivity contribution in [2.24, 2.45) is 11.7 Å². The molecule has 0 radical (unpaired) electrons. The van der Waals surface area contributed by atoms with Crippen LogP contribution in [0, 0.1) is 5.92 Å². The minimum Gasteiger partial charge on any atom is -0.496 e. The van der Waals surface area contributed by atoms with Crippen LogP contribution in [0.3, 0.4) is 0 Å². The zero-order chi connectivity index (χ0) is 14.8. The van der Waals surface area contributed by atoms with Crippen LogP contribution in [0.15, 0.2) is 36.4 Å². The number of nitrogens with zero attached hydrogens (tertiary/aromatic N) is 1. The number of likely N-dealkylation sites (tertiary alicyclic amines) is 1. The van der Waals surface area contributed by atoms with Gasteiger partial charge in [0.25, 0.3) is 0 Å². The van der Waals surface area contributed by atoms with Gasteiger partial charge in [-0.2, -0.15) is 0 Å². The minimum absolute atomic E-state index is 0.402. The van der Waals surface area contributed by atoms with E-state index in [0.717, 1.165) is 18.8 Å². The molecule has 0 bridgehead atoms. The SMILES string of the molecule is COc1ccc(C2C(CN)CCCN2C)c2ccccc12. The van der Waals surface area contributed by atoms with E-state index in [4.69, 9.17) is 10.5 Å². The third-order valence-electron chi connectivity index (χ3n) is 4.77. The van der Waals surface area contributed by atoms with Crippen molar-refractivity contribution in [3.8, 4) is 5.75 Å². The number of ether oxygens (including phenoxy) is 1. The van der Waals surface area contributed by atoms with Gasteiger partial charge in [-0.25, -0.2) is 0 Å². The van der Waals surface area contributed by atoms with Crippen molar-refractivity contribution in [2.45, 2.75) is 18.9 Å². The van der Waals surface area contributed by atoms with E-state index in [0.29, 0.717) is 12.0 Å². The van der Waals surface area contributed by atoms with E-state index in [1.54, 1.807) is 7.11 Å². The summed E-state index contributed by atoms with van der Waals surface area (Å²) in [4.78, 5) is 2.45. The standard InChI is InChI=1S/C18H24N2O/c1-20-11-5-6-13(12-19)18(20)16-9-10-17(21-2)15-8-4-3-7-14(15)16/h3-4,7-10,13,18H,5-6,11-12,19H2,1-2H3. The molecule has 0 aliphatic carbocycles. The van der Waals surface area contributed by atoms with Crippen molar-refractivity contribution in [1.82, 2.24) is 4.90 Å². The molecule has 2 aromatic carbocycles. The largest absolute Gasteiger partial charge is 0.496 e. The van der Waals surface area contributed by atoms with Gasteiger partial charge in [0.2, 0.25) is 0 Å². The average Bonchev–Trinajstić information content (AvgIpc) is 2.54. The molecule has 1 aliphatic heterocycles. The Bertz CT molecular complexity index is 626. The Morgan fingerprint density at radius 1 is 1.19 bits per heavy atom. The maximum absolute atomic E-state index is 6.04. The first-order chi connectivity index (χ1) is 10.3. The van der Waals surface area contributed by atoms with E-state index in [-0.39, 0.29) is 0 Å². The topological polar surface area (TPSA) is 38.5 Å². The van der Waals surface area contributed by atoms with Gasteiger partial charge in [0, 0.05) is 11.4 Å². The molecule has 112 valence electrons. The second-order valence-electron chi connectivity index (χ2n) is 5.97. The molecule has 0 aromatic heterocycles. The van der Waals surface area contributed by atoms with Crippen LogP contribution < -0.4 is 10.5 Å². The van der Waals surface area contributed by atoms with Crippen LogP contribution in [0.2, 0.25) is 0 Å². The van der Waals surface area contributed by atoms with Crippen LogP contribution in [0.5, 0.6) is 5.75 Å². The fourth-order valence-electron chi connectivity index (χ4n) is 3.73. The maximum Gasteiger partial charge on any atom is 0.126 e. The predicted molar refractivity (Wildman–Crippen MR) is 87.6 cm³/mol. The van der Waals surface area contributed by atoms with E-state index in [1.807, 2.05) is 0 Å². The van der Waals surface area contributed by atoms with Crippen molar-refractivity contribution in [3.05, 3.63) is 42.0 Å². The summed E-state index contributed by atoms with van der Waals surface area (Å²) in [6.07, 6.45) is 2.45. The van der Waals surface area contributed by atoms with E-state index in [2.05, 4.69) is 48.3 Å². The number of piperidine rings is 1. The van der Waals surface area contributed by atoms with Crippen molar-refractivity contribution < 1.29 is 4.74 Å². The summed E-state index contributed by atoms with van der Waals surface area (Å²) in [5.74, 6) is 1.47. The molecule has 3 heteroatoms. The molecule has 2 aromatic rings. The monoisotopic (exact) mass is 284 g/mol. The molecule has 1 fully saturated rings. The lowest BCUT2D eigenvalue weighted by Gasteiger charge is -2.39. The van der Waals surface area contributed by atoms with Gasteiger partial charge in [-0.15, -0.1) is 0 Å². The number of nitrogens with two attached hydrogens (primary N) is 1. The highest BCUT2D eigenvalue weighted by Crippen LogP contribution is 2.39. The van der Waals surface area contributed by atoms with Crippen LogP contribution in [0.1, 0.15) is 24.4 Å². The van der Waals surface area contributed by atoms with Gasteiger partial charge < -0.3 is 10.5 Å². The average molecular weight is 284 g/mol. The summed E-state index contributed by atoms with van der Waals surface area (Å²) in [7, 11) is 3.95. The molecule has 1 aliphatic rings. The Morgan fingerprint density at radius 2 is 1.95 bits per heavy atom. The Balaban J connectivity index is 2.15. The van der Waals surface area contributed by atoms with Crippen LogP contribution in [0.25, 0.3) is 10.8 Å². The van der Waals surface area contributed by atoms with Crippen LogP contribution in [-0.4, -0.2) is 32.1 Å². The fourth-order valence-corrected chi connectivity index (χ4v) is 3.73. The highest BCUT2D eigenvalue weighted by molar-refractivity contribution is 5.91. The summed E-state index contributed by atoms with van der Waals surface area (Å²) >= 11 is 0. The first-order valence-electron chi connectivity index (χ1n) is 7.72. The zero-order valence-electron chi connectivity index (χ0n) is 12.9. The number of methoxy groups -OCH3 is 1. The summed E-state index contributed by atoms with van der Waals surface area (Å²) in [5.41, 5.74) is 7.42. The Hall–Kier alpha value is -1.58. The minimum atomic E-state index is 0.402. The Kier molecular flexibility index (Phi) is 4.13. The second-order valence-corrected chi connectivity index (χ2v) is 5.97. The third-order valence-corrected chi connectivity index (χ3v) is 4.77. The molecular formula is C18H24N2O. The summed E-state index contributed by atoms with van der Waals surface area (Å²) in [6, 6.07) is 13.2.